The number of hydrogen-bond donors (Lipinski definition) is 1. The van der Waals surface area contributed by atoms with Crippen molar-refractivity contribution in [3.63, 3.8) is 0 Å². The Morgan fingerprint density at radius 1 is 1.53 bits per heavy atom. The smallest absolute Gasteiger partial charge is 0.324 e. The number of aliphatic carboxylic acids is 1. The summed E-state index contributed by atoms with van der Waals surface area (Å²) in [6, 6.07) is 4.80. The third kappa shape index (κ3) is 4.78. The van der Waals surface area contributed by atoms with Crippen molar-refractivity contribution < 1.29 is 19.6 Å². The summed E-state index contributed by atoms with van der Waals surface area (Å²) in [4.78, 5) is 21.5. The summed E-state index contributed by atoms with van der Waals surface area (Å²) in [5.74, 6) is -0.438. The van der Waals surface area contributed by atoms with Crippen molar-refractivity contribution in [2.24, 2.45) is 0 Å². The minimum Gasteiger partial charge on any atom is -0.484 e. The van der Waals surface area contributed by atoms with Crippen LogP contribution < -0.4 is 4.74 Å². The summed E-state index contributed by atoms with van der Waals surface area (Å²) < 4.78 is 5.40. The standard InChI is InChI=1S/C12H15NO5S/c1-8(2)18-9-4-3-5-10(12(9)13(16)17)19-7-6-11(14)15/h3-5,8H,6-7H2,1-2H3,(H,14,15). The van der Waals surface area contributed by atoms with Gasteiger partial charge in [-0.25, -0.2) is 0 Å². The van der Waals surface area contributed by atoms with Crippen LogP contribution in [0.4, 0.5) is 5.69 Å². The second kappa shape index (κ2) is 6.98. The molecule has 0 unspecified atom stereocenters. The maximum Gasteiger partial charge on any atom is 0.324 e. The fraction of sp³-hybridized carbons (Fsp3) is 0.417. The van der Waals surface area contributed by atoms with Crippen LogP contribution in [0.25, 0.3) is 0 Å². The molecular weight excluding hydrogens is 270 g/mol. The molecule has 0 spiro atoms. The lowest BCUT2D eigenvalue weighted by Crippen LogP contribution is -2.08. The van der Waals surface area contributed by atoms with Crippen LogP contribution in [0.5, 0.6) is 5.75 Å². The topological polar surface area (TPSA) is 89.7 Å². The predicted molar refractivity (Wildman–Crippen MR) is 71.8 cm³/mol. The van der Waals surface area contributed by atoms with Crippen molar-refractivity contribution in [2.45, 2.75) is 31.3 Å². The van der Waals surface area contributed by atoms with Gasteiger partial charge >= 0.3 is 11.7 Å². The molecule has 0 amide bonds. The molecule has 0 fully saturated rings. The van der Waals surface area contributed by atoms with E-state index < -0.39 is 10.9 Å². The van der Waals surface area contributed by atoms with Gasteiger partial charge in [-0.2, -0.15) is 0 Å². The number of nitrogens with zero attached hydrogens (tertiary/aromatic N) is 1. The molecule has 1 aromatic rings. The zero-order valence-electron chi connectivity index (χ0n) is 10.7. The molecule has 1 rings (SSSR count). The van der Waals surface area contributed by atoms with Crippen LogP contribution >= 0.6 is 11.8 Å². The Balaban J connectivity index is 2.96. The van der Waals surface area contributed by atoms with Gasteiger partial charge in [0.2, 0.25) is 0 Å². The largest absolute Gasteiger partial charge is 0.484 e. The van der Waals surface area contributed by atoms with Crippen LogP contribution in [0.1, 0.15) is 20.3 Å². The van der Waals surface area contributed by atoms with Crippen LogP contribution in [0.15, 0.2) is 23.1 Å². The molecule has 7 heteroatoms. The van der Waals surface area contributed by atoms with Gasteiger partial charge in [-0.15, -0.1) is 11.8 Å². The Labute approximate surface area is 114 Å². The quantitative estimate of drug-likeness (QED) is 0.470. The molecule has 0 heterocycles. The summed E-state index contributed by atoms with van der Waals surface area (Å²) in [6.07, 6.45) is -0.213. The number of carboxylic acids is 1. The van der Waals surface area contributed by atoms with Gasteiger partial charge in [0.1, 0.15) is 0 Å². The van der Waals surface area contributed by atoms with Crippen LogP contribution in [0.2, 0.25) is 0 Å². The molecule has 1 aromatic carbocycles. The maximum atomic E-state index is 11.1. The SMILES string of the molecule is CC(C)Oc1cccc(SCCC(=O)O)c1[N+](=O)[O-]. The Bertz CT molecular complexity index is 475. The Kier molecular flexibility index (Phi) is 5.62. The summed E-state index contributed by atoms with van der Waals surface area (Å²) in [5, 5.41) is 19.7. The fourth-order valence-electron chi connectivity index (χ4n) is 1.40. The van der Waals surface area contributed by atoms with Gasteiger partial charge in [0, 0.05) is 5.75 Å². The van der Waals surface area contributed by atoms with Crippen molar-refractivity contribution in [1.29, 1.82) is 0 Å². The van der Waals surface area contributed by atoms with E-state index in [1.54, 1.807) is 32.0 Å². The molecule has 0 atom stereocenters. The minimum absolute atomic E-state index is 0.0446. The Morgan fingerprint density at radius 2 is 2.21 bits per heavy atom. The first kappa shape index (κ1) is 15.3. The van der Waals surface area contributed by atoms with E-state index >= 15 is 0 Å². The van der Waals surface area contributed by atoms with Gasteiger partial charge in [-0.3, -0.25) is 14.9 Å². The molecule has 0 aliphatic heterocycles. The summed E-state index contributed by atoms with van der Waals surface area (Å²) in [5.41, 5.74) is -0.105. The average molecular weight is 285 g/mol. The second-order valence-electron chi connectivity index (χ2n) is 4.02. The second-order valence-corrected chi connectivity index (χ2v) is 5.16. The van der Waals surface area contributed by atoms with Gasteiger partial charge < -0.3 is 9.84 Å². The molecule has 0 bridgehead atoms. The first-order chi connectivity index (χ1) is 8.91. The van der Waals surface area contributed by atoms with Gasteiger partial charge in [0.15, 0.2) is 5.75 Å². The van der Waals surface area contributed by atoms with E-state index in [1.807, 2.05) is 0 Å². The highest BCUT2D eigenvalue weighted by molar-refractivity contribution is 7.99. The number of nitro groups is 1. The van der Waals surface area contributed by atoms with Crippen molar-refractivity contribution >= 4 is 23.4 Å². The highest BCUT2D eigenvalue weighted by atomic mass is 32.2. The molecule has 0 saturated heterocycles. The summed E-state index contributed by atoms with van der Waals surface area (Å²) >= 11 is 1.14. The molecule has 0 radical (unpaired) electrons. The van der Waals surface area contributed by atoms with E-state index in [0.29, 0.717) is 4.90 Å². The number of nitro benzene ring substituents is 1. The molecule has 0 aliphatic rings. The summed E-state index contributed by atoms with van der Waals surface area (Å²) in [7, 11) is 0. The number of ether oxygens (including phenoxy) is 1. The Morgan fingerprint density at radius 3 is 2.74 bits per heavy atom. The minimum atomic E-state index is -0.926. The first-order valence-electron chi connectivity index (χ1n) is 5.70. The lowest BCUT2D eigenvalue weighted by Gasteiger charge is -2.11. The number of para-hydroxylation sites is 1. The molecular formula is C12H15NO5S. The normalized spacial score (nSPS) is 10.5. The molecule has 0 aliphatic carbocycles. The molecule has 104 valence electrons. The zero-order valence-corrected chi connectivity index (χ0v) is 11.5. The maximum absolute atomic E-state index is 11.1. The molecule has 0 aromatic heterocycles. The number of rotatable bonds is 7. The van der Waals surface area contributed by atoms with E-state index in [-0.39, 0.29) is 29.7 Å². The lowest BCUT2D eigenvalue weighted by atomic mass is 10.3. The van der Waals surface area contributed by atoms with Gasteiger partial charge in [-0.1, -0.05) is 6.07 Å². The van der Waals surface area contributed by atoms with E-state index in [4.69, 9.17) is 9.84 Å². The van der Waals surface area contributed by atoms with Crippen molar-refractivity contribution in [2.75, 3.05) is 5.75 Å². The van der Waals surface area contributed by atoms with E-state index in [1.165, 1.54) is 0 Å². The third-order valence-corrected chi connectivity index (χ3v) is 3.13. The zero-order chi connectivity index (χ0) is 14.4. The number of carbonyl (C=O) groups is 1. The van der Waals surface area contributed by atoms with E-state index in [9.17, 15) is 14.9 Å². The third-order valence-electron chi connectivity index (χ3n) is 2.08. The first-order valence-corrected chi connectivity index (χ1v) is 6.69. The summed E-state index contributed by atoms with van der Waals surface area (Å²) in [6.45, 7) is 3.57. The monoisotopic (exact) mass is 285 g/mol. The number of carboxylic acid groups (broad SMARTS) is 1. The fourth-order valence-corrected chi connectivity index (χ4v) is 2.38. The lowest BCUT2D eigenvalue weighted by molar-refractivity contribution is -0.388. The number of hydrogen-bond acceptors (Lipinski definition) is 5. The van der Waals surface area contributed by atoms with E-state index in [0.717, 1.165) is 11.8 Å². The van der Waals surface area contributed by atoms with Gasteiger partial charge in [0.05, 0.1) is 22.3 Å². The molecule has 19 heavy (non-hydrogen) atoms. The molecule has 1 N–H and O–H groups in total. The average Bonchev–Trinajstić information content (AvgIpc) is 2.27. The highest BCUT2D eigenvalue weighted by Gasteiger charge is 2.22. The van der Waals surface area contributed by atoms with Crippen LogP contribution in [-0.4, -0.2) is 27.9 Å². The van der Waals surface area contributed by atoms with Crippen LogP contribution in [0, 0.1) is 10.1 Å². The van der Waals surface area contributed by atoms with Crippen molar-refractivity contribution in [1.82, 2.24) is 0 Å². The number of thioether (sulfide) groups is 1. The van der Waals surface area contributed by atoms with Crippen LogP contribution in [0.3, 0.4) is 0 Å². The molecule has 0 saturated carbocycles. The highest BCUT2D eigenvalue weighted by Crippen LogP contribution is 2.37. The van der Waals surface area contributed by atoms with E-state index in [2.05, 4.69) is 0 Å². The van der Waals surface area contributed by atoms with Crippen molar-refractivity contribution in [3.05, 3.63) is 28.3 Å². The van der Waals surface area contributed by atoms with Gasteiger partial charge in [0.25, 0.3) is 0 Å². The number of benzene rings is 1. The molecule has 6 nitrogen and oxygen atoms in total. The van der Waals surface area contributed by atoms with Crippen molar-refractivity contribution in [3.8, 4) is 5.75 Å². The van der Waals surface area contributed by atoms with Gasteiger partial charge in [-0.05, 0) is 26.0 Å². The Hall–Kier alpha value is -1.76. The predicted octanol–water partition coefficient (Wildman–Crippen LogP) is 2.95. The van der Waals surface area contributed by atoms with Crippen LogP contribution in [-0.2, 0) is 4.79 Å².